The van der Waals surface area contributed by atoms with Crippen LogP contribution in [-0.2, 0) is 9.59 Å². The summed E-state index contributed by atoms with van der Waals surface area (Å²) < 4.78 is 0. The zero-order valence-electron chi connectivity index (χ0n) is 15.0. The number of hydrogen-bond donors (Lipinski definition) is 2. The molecule has 2 heterocycles. The first kappa shape index (κ1) is 16.6. The van der Waals surface area contributed by atoms with Gasteiger partial charge in [-0.1, -0.05) is 25.0 Å². The summed E-state index contributed by atoms with van der Waals surface area (Å²) in [5, 5.41) is 2.86. The Bertz CT molecular complexity index is 675. The zero-order chi connectivity index (χ0) is 17.4. The predicted octanol–water partition coefficient (Wildman–Crippen LogP) is 1.46. The molecular weight excluding hydrogens is 314 g/mol. The van der Waals surface area contributed by atoms with Gasteiger partial charge in [0.1, 0.15) is 6.54 Å². The molecule has 5 heteroatoms. The number of rotatable bonds is 2. The summed E-state index contributed by atoms with van der Waals surface area (Å²) in [5.74, 6) is 1.62. The summed E-state index contributed by atoms with van der Waals surface area (Å²) in [7, 11) is 0. The van der Waals surface area contributed by atoms with Crippen molar-refractivity contribution in [1.29, 1.82) is 0 Å². The van der Waals surface area contributed by atoms with E-state index in [1.807, 2.05) is 31.2 Å². The topological polar surface area (TPSA) is 53.9 Å². The fourth-order valence-electron chi connectivity index (χ4n) is 4.97. The molecule has 0 spiro atoms. The SMILES string of the molecule is C[C@H](C(=O)N1CC(=O)Nc2ccccc21)[NH+]1CC[C@@H]2CCCC[C@@H]2C1. The van der Waals surface area contributed by atoms with Gasteiger partial charge in [-0.2, -0.15) is 0 Å². The summed E-state index contributed by atoms with van der Waals surface area (Å²) in [6.07, 6.45) is 6.67. The van der Waals surface area contributed by atoms with Crippen molar-refractivity contribution in [3.63, 3.8) is 0 Å². The second-order valence-electron chi connectivity index (χ2n) is 7.92. The molecule has 1 aromatic carbocycles. The maximum Gasteiger partial charge on any atom is 0.285 e. The van der Waals surface area contributed by atoms with Crippen molar-refractivity contribution in [3.8, 4) is 0 Å². The molecule has 2 N–H and O–H groups in total. The lowest BCUT2D eigenvalue weighted by Crippen LogP contribution is -3.18. The summed E-state index contributed by atoms with van der Waals surface area (Å²) in [6.45, 7) is 4.35. The van der Waals surface area contributed by atoms with Gasteiger partial charge in [-0.3, -0.25) is 14.5 Å². The van der Waals surface area contributed by atoms with Crippen molar-refractivity contribution >= 4 is 23.2 Å². The van der Waals surface area contributed by atoms with Crippen molar-refractivity contribution in [1.82, 2.24) is 0 Å². The molecule has 2 aliphatic heterocycles. The molecule has 1 saturated heterocycles. The molecule has 1 aromatic rings. The smallest absolute Gasteiger partial charge is 0.285 e. The number of hydrogen-bond acceptors (Lipinski definition) is 2. The Morgan fingerprint density at radius 1 is 1.20 bits per heavy atom. The van der Waals surface area contributed by atoms with Gasteiger partial charge in [-0.25, -0.2) is 0 Å². The van der Waals surface area contributed by atoms with Crippen LogP contribution in [0.3, 0.4) is 0 Å². The third-order valence-corrected chi connectivity index (χ3v) is 6.45. The van der Waals surface area contributed by atoms with E-state index in [9.17, 15) is 9.59 Å². The molecule has 4 atom stereocenters. The number of anilines is 2. The first-order valence-electron chi connectivity index (χ1n) is 9.68. The minimum Gasteiger partial charge on any atom is -0.325 e. The molecule has 25 heavy (non-hydrogen) atoms. The number of carbonyl (C=O) groups is 2. The molecule has 1 saturated carbocycles. The van der Waals surface area contributed by atoms with Crippen LogP contribution in [0.1, 0.15) is 39.0 Å². The monoisotopic (exact) mass is 342 g/mol. The second-order valence-corrected chi connectivity index (χ2v) is 7.92. The number of para-hydroxylation sites is 2. The third-order valence-electron chi connectivity index (χ3n) is 6.45. The molecule has 3 aliphatic rings. The lowest BCUT2D eigenvalue weighted by molar-refractivity contribution is -0.924. The summed E-state index contributed by atoms with van der Waals surface area (Å²) in [5.41, 5.74) is 1.56. The molecule has 0 bridgehead atoms. The van der Waals surface area contributed by atoms with Crippen LogP contribution < -0.4 is 15.1 Å². The van der Waals surface area contributed by atoms with Gasteiger partial charge in [0.2, 0.25) is 5.91 Å². The number of likely N-dealkylation sites (tertiary alicyclic amines) is 1. The van der Waals surface area contributed by atoms with Crippen LogP contribution in [0.25, 0.3) is 0 Å². The number of nitrogens with one attached hydrogen (secondary N) is 2. The molecule has 1 aliphatic carbocycles. The van der Waals surface area contributed by atoms with Crippen LogP contribution in [-0.4, -0.2) is 37.5 Å². The van der Waals surface area contributed by atoms with E-state index in [-0.39, 0.29) is 24.4 Å². The highest BCUT2D eigenvalue weighted by Gasteiger charge is 2.40. The van der Waals surface area contributed by atoms with Crippen LogP contribution in [0, 0.1) is 11.8 Å². The first-order chi connectivity index (χ1) is 12.1. The molecule has 4 rings (SSSR count). The second kappa shape index (κ2) is 6.79. The lowest BCUT2D eigenvalue weighted by atomic mass is 9.75. The number of nitrogens with zero attached hydrogens (tertiary/aromatic N) is 1. The third kappa shape index (κ3) is 3.17. The number of amides is 2. The summed E-state index contributed by atoms with van der Waals surface area (Å²) in [4.78, 5) is 28.3. The molecule has 5 nitrogen and oxygen atoms in total. The van der Waals surface area contributed by atoms with Crippen LogP contribution in [0.4, 0.5) is 11.4 Å². The molecule has 1 unspecified atom stereocenters. The van der Waals surface area contributed by atoms with Gasteiger partial charge < -0.3 is 10.2 Å². The zero-order valence-corrected chi connectivity index (χ0v) is 15.0. The Morgan fingerprint density at radius 2 is 1.96 bits per heavy atom. The fraction of sp³-hybridized carbons (Fsp3) is 0.600. The standard InChI is InChI=1S/C20H27N3O2/c1-14(22-11-10-15-6-2-3-7-16(15)12-22)20(25)23-13-19(24)21-17-8-4-5-9-18(17)23/h4-5,8-9,14-16H,2-3,6-7,10-13H2,1H3,(H,21,24)/p+1/t14-,15+,16-/m1/s1. The molecule has 134 valence electrons. The Labute approximate surface area is 149 Å². The minimum atomic E-state index is -0.111. The van der Waals surface area contributed by atoms with E-state index in [0.717, 1.165) is 36.3 Å². The van der Waals surface area contributed by atoms with E-state index >= 15 is 0 Å². The van der Waals surface area contributed by atoms with E-state index < -0.39 is 0 Å². The lowest BCUT2D eigenvalue weighted by Gasteiger charge is -2.41. The molecule has 2 amide bonds. The van der Waals surface area contributed by atoms with Gasteiger partial charge in [0.15, 0.2) is 6.04 Å². The van der Waals surface area contributed by atoms with Gasteiger partial charge in [-0.15, -0.1) is 0 Å². The Morgan fingerprint density at radius 3 is 2.80 bits per heavy atom. The number of fused-ring (bicyclic) bond motifs is 2. The Kier molecular flexibility index (Phi) is 4.50. The molecule has 0 aromatic heterocycles. The van der Waals surface area contributed by atoms with E-state index in [4.69, 9.17) is 0 Å². The summed E-state index contributed by atoms with van der Waals surface area (Å²) in [6, 6.07) is 7.48. The van der Waals surface area contributed by atoms with E-state index in [1.54, 1.807) is 4.90 Å². The highest BCUT2D eigenvalue weighted by atomic mass is 16.2. The number of quaternary nitrogens is 1. The summed E-state index contributed by atoms with van der Waals surface area (Å²) >= 11 is 0. The van der Waals surface area contributed by atoms with Crippen molar-refractivity contribution < 1.29 is 14.5 Å². The molecule has 2 fully saturated rings. The van der Waals surface area contributed by atoms with Crippen LogP contribution >= 0.6 is 0 Å². The normalized spacial score (nSPS) is 30.0. The predicted molar refractivity (Wildman–Crippen MR) is 97.6 cm³/mol. The Balaban J connectivity index is 1.50. The van der Waals surface area contributed by atoms with Crippen molar-refractivity contribution in [2.24, 2.45) is 11.8 Å². The van der Waals surface area contributed by atoms with Crippen molar-refractivity contribution in [2.75, 3.05) is 29.9 Å². The van der Waals surface area contributed by atoms with Gasteiger partial charge in [0, 0.05) is 5.92 Å². The highest BCUT2D eigenvalue weighted by molar-refractivity contribution is 6.10. The average Bonchev–Trinajstić information content (AvgIpc) is 2.65. The Hall–Kier alpha value is -1.88. The van der Waals surface area contributed by atoms with Gasteiger partial charge in [0.25, 0.3) is 5.91 Å². The minimum absolute atomic E-state index is 0.0755. The quantitative estimate of drug-likeness (QED) is 0.855. The highest BCUT2D eigenvalue weighted by Crippen LogP contribution is 2.33. The number of carbonyl (C=O) groups excluding carboxylic acids is 2. The van der Waals surface area contributed by atoms with Crippen molar-refractivity contribution in [3.05, 3.63) is 24.3 Å². The largest absolute Gasteiger partial charge is 0.325 e. The fourth-order valence-corrected chi connectivity index (χ4v) is 4.97. The van der Waals surface area contributed by atoms with E-state index in [1.165, 1.54) is 37.0 Å². The average molecular weight is 342 g/mol. The number of piperidine rings is 1. The van der Waals surface area contributed by atoms with Gasteiger partial charge in [0.05, 0.1) is 24.5 Å². The van der Waals surface area contributed by atoms with E-state index in [0.29, 0.717) is 0 Å². The van der Waals surface area contributed by atoms with Crippen LogP contribution in [0.15, 0.2) is 24.3 Å². The maximum atomic E-state index is 13.2. The number of benzene rings is 1. The van der Waals surface area contributed by atoms with E-state index in [2.05, 4.69) is 5.32 Å². The van der Waals surface area contributed by atoms with Crippen LogP contribution in [0.5, 0.6) is 0 Å². The molecule has 0 radical (unpaired) electrons. The first-order valence-corrected chi connectivity index (χ1v) is 9.68. The van der Waals surface area contributed by atoms with Crippen LogP contribution in [0.2, 0.25) is 0 Å². The van der Waals surface area contributed by atoms with Crippen molar-refractivity contribution in [2.45, 2.75) is 45.1 Å². The van der Waals surface area contributed by atoms with Gasteiger partial charge >= 0.3 is 0 Å². The van der Waals surface area contributed by atoms with Gasteiger partial charge in [-0.05, 0) is 44.2 Å². The maximum absolute atomic E-state index is 13.2. The molecular formula is C20H28N3O2+.